The van der Waals surface area contributed by atoms with Gasteiger partial charge in [0.25, 0.3) is 0 Å². The molecule has 6 nitrogen and oxygen atoms in total. The molecule has 1 amide bonds. The summed E-state index contributed by atoms with van der Waals surface area (Å²) in [6.07, 6.45) is 3.48. The Morgan fingerprint density at radius 1 is 1.23 bits per heavy atom. The Morgan fingerprint density at radius 2 is 2.03 bits per heavy atom. The number of benzene rings is 2. The van der Waals surface area contributed by atoms with Gasteiger partial charge in [-0.1, -0.05) is 29.4 Å². The van der Waals surface area contributed by atoms with Gasteiger partial charge in [0, 0.05) is 28.7 Å². The summed E-state index contributed by atoms with van der Waals surface area (Å²) in [5, 5.41) is 8.92. The van der Waals surface area contributed by atoms with Gasteiger partial charge in [0.05, 0.1) is 23.6 Å². The van der Waals surface area contributed by atoms with Crippen LogP contribution in [0.25, 0.3) is 16.8 Å². The third-order valence-electron chi connectivity index (χ3n) is 4.70. The van der Waals surface area contributed by atoms with Crippen molar-refractivity contribution in [2.75, 3.05) is 17.7 Å². The maximum atomic E-state index is 12.5. The number of carbonyl (C=O) groups excluding carboxylic acids is 1. The number of hydrogen-bond acceptors (Lipinski definition) is 5. The van der Waals surface area contributed by atoms with Crippen LogP contribution in [-0.2, 0) is 4.79 Å². The molecule has 4 aromatic rings. The van der Waals surface area contributed by atoms with Gasteiger partial charge in [-0.2, -0.15) is 5.10 Å². The summed E-state index contributed by atoms with van der Waals surface area (Å²) in [4.78, 5) is 16.9. The number of nitrogens with zero attached hydrogens (tertiary/aromatic N) is 3. The van der Waals surface area contributed by atoms with E-state index in [1.165, 1.54) is 11.8 Å². The van der Waals surface area contributed by atoms with Crippen LogP contribution in [0.4, 0.5) is 5.69 Å². The summed E-state index contributed by atoms with van der Waals surface area (Å²) in [5.74, 6) is 0.932. The fourth-order valence-corrected chi connectivity index (χ4v) is 4.05. The number of ether oxygens (including phenoxy) is 1. The van der Waals surface area contributed by atoms with Crippen LogP contribution in [0.15, 0.2) is 66.0 Å². The van der Waals surface area contributed by atoms with Gasteiger partial charge in [0.15, 0.2) is 0 Å². The van der Waals surface area contributed by atoms with Crippen molar-refractivity contribution in [3.8, 4) is 17.0 Å². The van der Waals surface area contributed by atoms with Crippen molar-refractivity contribution < 1.29 is 9.53 Å². The van der Waals surface area contributed by atoms with Crippen LogP contribution in [0.5, 0.6) is 5.75 Å². The average Bonchev–Trinajstić information content (AvgIpc) is 3.21. The van der Waals surface area contributed by atoms with Gasteiger partial charge >= 0.3 is 0 Å². The van der Waals surface area contributed by atoms with E-state index in [2.05, 4.69) is 15.4 Å². The predicted molar refractivity (Wildman–Crippen MR) is 125 cm³/mol. The fraction of sp³-hybridized carbons (Fsp3) is 0.174. The zero-order chi connectivity index (χ0) is 21.8. The van der Waals surface area contributed by atoms with Crippen molar-refractivity contribution in [2.45, 2.75) is 18.9 Å². The Morgan fingerprint density at radius 3 is 2.81 bits per heavy atom. The van der Waals surface area contributed by atoms with E-state index in [1.54, 1.807) is 23.0 Å². The maximum Gasteiger partial charge on any atom is 0.234 e. The molecule has 2 aromatic heterocycles. The number of fused-ring (bicyclic) bond motifs is 1. The predicted octanol–water partition coefficient (Wildman–Crippen LogP) is 5.49. The number of thioether (sulfide) groups is 1. The smallest absolute Gasteiger partial charge is 0.234 e. The quantitative estimate of drug-likeness (QED) is 0.375. The summed E-state index contributed by atoms with van der Waals surface area (Å²) < 4.78 is 7.28. The van der Waals surface area contributed by atoms with E-state index in [9.17, 15) is 4.79 Å². The van der Waals surface area contributed by atoms with E-state index in [0.717, 1.165) is 33.1 Å². The lowest BCUT2D eigenvalue weighted by Gasteiger charge is -2.09. The van der Waals surface area contributed by atoms with E-state index < -0.39 is 0 Å². The molecule has 2 aromatic carbocycles. The van der Waals surface area contributed by atoms with E-state index in [1.807, 2.05) is 56.3 Å². The number of amides is 1. The molecule has 0 saturated heterocycles. The first-order valence-electron chi connectivity index (χ1n) is 9.80. The summed E-state index contributed by atoms with van der Waals surface area (Å²) >= 11 is 7.50. The summed E-state index contributed by atoms with van der Waals surface area (Å²) in [6.45, 7) is 4.46. The number of aromatic nitrogens is 3. The lowest BCUT2D eigenvalue weighted by Crippen LogP contribution is -2.15. The van der Waals surface area contributed by atoms with Crippen molar-refractivity contribution in [1.82, 2.24) is 14.6 Å². The second kappa shape index (κ2) is 9.41. The minimum Gasteiger partial charge on any atom is -0.494 e. The molecule has 0 aliphatic heterocycles. The van der Waals surface area contributed by atoms with Crippen molar-refractivity contribution >= 4 is 40.5 Å². The van der Waals surface area contributed by atoms with Crippen LogP contribution in [0, 0.1) is 6.92 Å². The molecule has 8 heteroatoms. The molecule has 0 aliphatic rings. The van der Waals surface area contributed by atoms with Crippen LogP contribution in [0.1, 0.15) is 12.5 Å². The molecule has 0 radical (unpaired) electrons. The fourth-order valence-electron chi connectivity index (χ4n) is 3.10. The molecule has 0 atom stereocenters. The molecular weight excluding hydrogens is 432 g/mol. The standard InChI is InChI=1S/C23H21ClN4O2S/c1-3-30-17-9-7-16(8-10-17)20-13-21-23(25-11-12-28(21)27-20)31-14-22(29)26-19-6-4-5-18(24)15(19)2/h4-13H,3,14H2,1-2H3,(H,26,29). The van der Waals surface area contributed by atoms with Crippen molar-refractivity contribution in [3.63, 3.8) is 0 Å². The third kappa shape index (κ3) is 4.84. The van der Waals surface area contributed by atoms with E-state index in [-0.39, 0.29) is 11.7 Å². The van der Waals surface area contributed by atoms with E-state index in [0.29, 0.717) is 17.3 Å². The number of rotatable bonds is 7. The van der Waals surface area contributed by atoms with Crippen LogP contribution in [0.3, 0.4) is 0 Å². The average molecular weight is 453 g/mol. The van der Waals surface area contributed by atoms with Crippen LogP contribution >= 0.6 is 23.4 Å². The van der Waals surface area contributed by atoms with Gasteiger partial charge in [-0.3, -0.25) is 4.79 Å². The number of halogens is 1. The SMILES string of the molecule is CCOc1ccc(-c2cc3c(SCC(=O)Nc4cccc(Cl)c4C)nccn3n2)cc1. The zero-order valence-electron chi connectivity index (χ0n) is 17.1. The first-order chi connectivity index (χ1) is 15.0. The Kier molecular flexibility index (Phi) is 6.44. The molecule has 0 bridgehead atoms. The number of nitrogens with one attached hydrogen (secondary N) is 1. The second-order valence-electron chi connectivity index (χ2n) is 6.80. The Bertz CT molecular complexity index is 1220. The first kappa shape index (κ1) is 21.2. The number of carbonyl (C=O) groups is 1. The molecule has 1 N–H and O–H groups in total. The second-order valence-corrected chi connectivity index (χ2v) is 8.17. The van der Waals surface area contributed by atoms with Crippen molar-refractivity contribution in [3.05, 3.63) is 71.5 Å². The highest BCUT2D eigenvalue weighted by atomic mass is 35.5. The molecule has 31 heavy (non-hydrogen) atoms. The third-order valence-corrected chi connectivity index (χ3v) is 6.10. The number of hydrogen-bond donors (Lipinski definition) is 1. The highest BCUT2D eigenvalue weighted by molar-refractivity contribution is 8.00. The van der Waals surface area contributed by atoms with Gasteiger partial charge in [-0.05, 0) is 61.9 Å². The molecule has 0 saturated carbocycles. The summed E-state index contributed by atoms with van der Waals surface area (Å²) in [5.41, 5.74) is 4.22. The lowest BCUT2D eigenvalue weighted by atomic mass is 10.1. The number of anilines is 1. The Labute approximate surface area is 189 Å². The van der Waals surface area contributed by atoms with Crippen LogP contribution in [-0.4, -0.2) is 32.9 Å². The van der Waals surface area contributed by atoms with Crippen molar-refractivity contribution in [2.24, 2.45) is 0 Å². The molecule has 0 spiro atoms. The zero-order valence-corrected chi connectivity index (χ0v) is 18.7. The highest BCUT2D eigenvalue weighted by Crippen LogP contribution is 2.28. The van der Waals surface area contributed by atoms with Gasteiger partial charge in [-0.25, -0.2) is 9.50 Å². The minimum absolute atomic E-state index is 0.120. The highest BCUT2D eigenvalue weighted by Gasteiger charge is 2.13. The van der Waals surface area contributed by atoms with Crippen LogP contribution < -0.4 is 10.1 Å². The van der Waals surface area contributed by atoms with E-state index >= 15 is 0 Å². The summed E-state index contributed by atoms with van der Waals surface area (Å²) in [7, 11) is 0. The first-order valence-corrected chi connectivity index (χ1v) is 11.2. The Balaban J connectivity index is 1.49. The molecule has 0 fully saturated rings. The maximum absolute atomic E-state index is 12.5. The molecule has 2 heterocycles. The van der Waals surface area contributed by atoms with Gasteiger partial charge in [0.2, 0.25) is 5.91 Å². The van der Waals surface area contributed by atoms with E-state index in [4.69, 9.17) is 16.3 Å². The lowest BCUT2D eigenvalue weighted by molar-refractivity contribution is -0.113. The normalized spacial score (nSPS) is 10.9. The molecule has 0 unspecified atom stereocenters. The molecule has 4 rings (SSSR count). The summed E-state index contributed by atoms with van der Waals surface area (Å²) in [6, 6.07) is 15.2. The van der Waals surface area contributed by atoms with Crippen molar-refractivity contribution in [1.29, 1.82) is 0 Å². The minimum atomic E-state index is -0.120. The van der Waals surface area contributed by atoms with Gasteiger partial charge < -0.3 is 10.1 Å². The van der Waals surface area contributed by atoms with Gasteiger partial charge in [-0.15, -0.1) is 0 Å². The molecule has 0 aliphatic carbocycles. The topological polar surface area (TPSA) is 68.5 Å². The Hall–Kier alpha value is -3.03. The molecule has 158 valence electrons. The largest absolute Gasteiger partial charge is 0.494 e. The molecular formula is C23H21ClN4O2S. The van der Waals surface area contributed by atoms with Gasteiger partial charge in [0.1, 0.15) is 10.8 Å². The monoisotopic (exact) mass is 452 g/mol. The van der Waals surface area contributed by atoms with Crippen LogP contribution in [0.2, 0.25) is 5.02 Å².